The molecule has 2 amide bonds. The zero-order valence-electron chi connectivity index (χ0n) is 16.5. The molecule has 0 bridgehead atoms. The molecule has 4 rings (SSSR count). The van der Waals surface area contributed by atoms with Gasteiger partial charge in [0.05, 0.1) is 11.4 Å². The SMILES string of the molecule is CC(=O)Nc1ccc(C(=O)Nc2nc(-c3ncccc3C)cc3cccnc23)cc1. The van der Waals surface area contributed by atoms with Gasteiger partial charge in [-0.3, -0.25) is 19.6 Å². The Bertz CT molecular complexity index is 1250. The number of amides is 2. The van der Waals surface area contributed by atoms with Crippen LogP contribution in [0.2, 0.25) is 0 Å². The molecule has 1 aromatic carbocycles. The van der Waals surface area contributed by atoms with Crippen LogP contribution in [0.1, 0.15) is 22.8 Å². The maximum absolute atomic E-state index is 12.8. The van der Waals surface area contributed by atoms with Gasteiger partial charge in [0.25, 0.3) is 5.91 Å². The molecule has 0 aliphatic rings. The zero-order chi connectivity index (χ0) is 21.1. The van der Waals surface area contributed by atoms with Crippen LogP contribution in [-0.2, 0) is 4.79 Å². The molecule has 0 saturated heterocycles. The summed E-state index contributed by atoms with van der Waals surface area (Å²) in [4.78, 5) is 37.4. The highest BCUT2D eigenvalue weighted by Crippen LogP contribution is 2.27. The predicted molar refractivity (Wildman–Crippen MR) is 116 cm³/mol. The third kappa shape index (κ3) is 4.00. The first kappa shape index (κ1) is 19.2. The van der Waals surface area contributed by atoms with Crippen LogP contribution >= 0.6 is 0 Å². The third-order valence-electron chi connectivity index (χ3n) is 4.54. The van der Waals surface area contributed by atoms with Crippen LogP contribution in [-0.4, -0.2) is 26.8 Å². The van der Waals surface area contributed by atoms with Gasteiger partial charge >= 0.3 is 0 Å². The van der Waals surface area contributed by atoms with Crippen molar-refractivity contribution in [2.45, 2.75) is 13.8 Å². The van der Waals surface area contributed by atoms with Crippen LogP contribution in [0, 0.1) is 6.92 Å². The molecule has 148 valence electrons. The van der Waals surface area contributed by atoms with Gasteiger partial charge < -0.3 is 10.6 Å². The van der Waals surface area contributed by atoms with E-state index in [4.69, 9.17) is 0 Å². The maximum Gasteiger partial charge on any atom is 0.256 e. The summed E-state index contributed by atoms with van der Waals surface area (Å²) >= 11 is 0. The number of pyridine rings is 3. The van der Waals surface area contributed by atoms with Crippen LogP contribution in [0.3, 0.4) is 0 Å². The Labute approximate surface area is 173 Å². The summed E-state index contributed by atoms with van der Waals surface area (Å²) in [6.45, 7) is 3.40. The fourth-order valence-electron chi connectivity index (χ4n) is 3.14. The molecule has 4 aromatic rings. The van der Waals surface area contributed by atoms with Gasteiger partial charge in [0.1, 0.15) is 5.52 Å². The fourth-order valence-corrected chi connectivity index (χ4v) is 3.14. The van der Waals surface area contributed by atoms with E-state index in [9.17, 15) is 9.59 Å². The Morgan fingerprint density at radius 3 is 2.37 bits per heavy atom. The predicted octanol–water partition coefficient (Wildman–Crippen LogP) is 4.21. The van der Waals surface area contributed by atoms with E-state index in [1.165, 1.54) is 6.92 Å². The second-order valence-corrected chi connectivity index (χ2v) is 6.81. The molecule has 0 spiro atoms. The average Bonchev–Trinajstić information content (AvgIpc) is 2.74. The second-order valence-electron chi connectivity index (χ2n) is 6.81. The van der Waals surface area contributed by atoms with Crippen molar-refractivity contribution in [2.24, 2.45) is 0 Å². The van der Waals surface area contributed by atoms with Gasteiger partial charge in [-0.05, 0) is 55.0 Å². The minimum absolute atomic E-state index is 0.171. The summed E-state index contributed by atoms with van der Waals surface area (Å²) in [7, 11) is 0. The normalized spacial score (nSPS) is 10.6. The lowest BCUT2D eigenvalue weighted by atomic mass is 10.1. The second kappa shape index (κ2) is 8.08. The Kier molecular flexibility index (Phi) is 5.17. The number of aryl methyl sites for hydroxylation is 1. The lowest BCUT2D eigenvalue weighted by molar-refractivity contribution is -0.114. The average molecular weight is 397 g/mol. The van der Waals surface area contributed by atoms with Crippen molar-refractivity contribution in [3.05, 3.63) is 78.1 Å². The number of nitrogens with one attached hydrogen (secondary N) is 2. The minimum atomic E-state index is -0.321. The standard InChI is InChI=1S/C23H19N5O2/c1-14-5-3-11-24-20(14)19-13-17-6-4-12-25-21(17)22(27-19)28-23(30)16-7-9-18(10-8-16)26-15(2)29/h3-13H,1-2H3,(H,26,29)(H,27,28,30). The number of anilines is 2. The molecule has 0 unspecified atom stereocenters. The Hall–Kier alpha value is -4.13. The van der Waals surface area contributed by atoms with Gasteiger partial charge in [0.2, 0.25) is 5.91 Å². The number of carbonyl (C=O) groups excluding carboxylic acids is 2. The number of nitrogens with zero attached hydrogens (tertiary/aromatic N) is 3. The first-order valence-corrected chi connectivity index (χ1v) is 9.38. The van der Waals surface area contributed by atoms with Crippen LogP contribution in [0.4, 0.5) is 11.5 Å². The largest absolute Gasteiger partial charge is 0.326 e. The zero-order valence-corrected chi connectivity index (χ0v) is 16.5. The van der Waals surface area contributed by atoms with Crippen molar-refractivity contribution in [2.75, 3.05) is 10.6 Å². The lowest BCUT2D eigenvalue weighted by Crippen LogP contribution is -2.14. The molecule has 2 N–H and O–H groups in total. The summed E-state index contributed by atoms with van der Waals surface area (Å²) < 4.78 is 0. The molecule has 0 aliphatic carbocycles. The van der Waals surface area contributed by atoms with Crippen LogP contribution in [0.25, 0.3) is 22.3 Å². The number of fused-ring (bicyclic) bond motifs is 1. The summed E-state index contributed by atoms with van der Waals surface area (Å²) in [6, 6.07) is 16.1. The van der Waals surface area contributed by atoms with Crippen molar-refractivity contribution < 1.29 is 9.59 Å². The van der Waals surface area contributed by atoms with Gasteiger partial charge in [0, 0.05) is 36.0 Å². The van der Waals surface area contributed by atoms with Gasteiger partial charge in [-0.2, -0.15) is 0 Å². The summed E-state index contributed by atoms with van der Waals surface area (Å²) in [6.07, 6.45) is 3.37. The smallest absolute Gasteiger partial charge is 0.256 e. The van der Waals surface area contributed by atoms with E-state index in [2.05, 4.69) is 25.6 Å². The van der Waals surface area contributed by atoms with E-state index in [0.717, 1.165) is 16.6 Å². The highest BCUT2D eigenvalue weighted by Gasteiger charge is 2.14. The molecular formula is C23H19N5O2. The number of hydrogen-bond donors (Lipinski definition) is 2. The monoisotopic (exact) mass is 397 g/mol. The molecule has 0 aliphatic heterocycles. The Morgan fingerprint density at radius 1 is 0.900 bits per heavy atom. The first-order chi connectivity index (χ1) is 14.5. The minimum Gasteiger partial charge on any atom is -0.326 e. The van der Waals surface area contributed by atoms with E-state index >= 15 is 0 Å². The molecule has 3 aromatic heterocycles. The van der Waals surface area contributed by atoms with E-state index in [1.807, 2.05) is 37.3 Å². The molecule has 0 fully saturated rings. The van der Waals surface area contributed by atoms with Crippen LogP contribution in [0.15, 0.2) is 67.0 Å². The molecule has 0 radical (unpaired) electrons. The highest BCUT2D eigenvalue weighted by molar-refractivity contribution is 6.08. The number of rotatable bonds is 4. The number of hydrogen-bond acceptors (Lipinski definition) is 5. The molecule has 0 saturated carbocycles. The molecular weight excluding hydrogens is 378 g/mol. The van der Waals surface area contributed by atoms with Gasteiger partial charge in [-0.1, -0.05) is 12.1 Å². The molecule has 7 nitrogen and oxygen atoms in total. The van der Waals surface area contributed by atoms with Crippen molar-refractivity contribution in [1.29, 1.82) is 0 Å². The molecule has 30 heavy (non-hydrogen) atoms. The summed E-state index contributed by atoms with van der Waals surface area (Å²) in [5.41, 5.74) is 4.05. The first-order valence-electron chi connectivity index (χ1n) is 9.38. The number of aromatic nitrogens is 3. The fraction of sp³-hybridized carbons (Fsp3) is 0.0870. The van der Waals surface area contributed by atoms with E-state index in [1.54, 1.807) is 36.7 Å². The van der Waals surface area contributed by atoms with E-state index in [-0.39, 0.29) is 11.8 Å². The summed E-state index contributed by atoms with van der Waals surface area (Å²) in [5, 5.41) is 6.39. The number of benzene rings is 1. The van der Waals surface area contributed by atoms with Crippen LogP contribution < -0.4 is 10.6 Å². The van der Waals surface area contributed by atoms with Crippen molar-refractivity contribution in [1.82, 2.24) is 15.0 Å². The van der Waals surface area contributed by atoms with Crippen molar-refractivity contribution >= 4 is 34.2 Å². The lowest BCUT2D eigenvalue weighted by Gasteiger charge is -2.11. The summed E-state index contributed by atoms with van der Waals surface area (Å²) in [5.74, 6) is -0.126. The molecule has 3 heterocycles. The molecule has 7 heteroatoms. The van der Waals surface area contributed by atoms with E-state index in [0.29, 0.717) is 28.3 Å². The quantitative estimate of drug-likeness (QED) is 0.538. The van der Waals surface area contributed by atoms with Gasteiger partial charge in [0.15, 0.2) is 5.82 Å². The number of carbonyl (C=O) groups is 2. The van der Waals surface area contributed by atoms with Gasteiger partial charge in [-0.25, -0.2) is 4.98 Å². The highest BCUT2D eigenvalue weighted by atomic mass is 16.2. The van der Waals surface area contributed by atoms with Crippen molar-refractivity contribution in [3.8, 4) is 11.4 Å². The van der Waals surface area contributed by atoms with Crippen molar-refractivity contribution in [3.63, 3.8) is 0 Å². The Morgan fingerprint density at radius 2 is 1.63 bits per heavy atom. The molecule has 0 atom stereocenters. The van der Waals surface area contributed by atoms with E-state index < -0.39 is 0 Å². The van der Waals surface area contributed by atoms with Gasteiger partial charge in [-0.15, -0.1) is 0 Å². The Balaban J connectivity index is 1.70. The topological polar surface area (TPSA) is 96.9 Å². The van der Waals surface area contributed by atoms with Crippen LogP contribution in [0.5, 0.6) is 0 Å². The third-order valence-corrected chi connectivity index (χ3v) is 4.54. The maximum atomic E-state index is 12.8.